The molecule has 3 rings (SSSR count). The molecule has 0 saturated carbocycles. The van der Waals surface area contributed by atoms with Crippen molar-refractivity contribution in [1.29, 1.82) is 0 Å². The van der Waals surface area contributed by atoms with Gasteiger partial charge in [0, 0.05) is 50.0 Å². The van der Waals surface area contributed by atoms with Crippen LogP contribution in [0.15, 0.2) is 48.8 Å². The predicted octanol–water partition coefficient (Wildman–Crippen LogP) is 5.33. The number of fused-ring (bicyclic) bond motifs is 2. The molecule has 53 heavy (non-hydrogen) atoms. The van der Waals surface area contributed by atoms with Crippen LogP contribution in [0.3, 0.4) is 0 Å². The van der Waals surface area contributed by atoms with Crippen molar-refractivity contribution in [3.8, 4) is 0 Å². The maximum absolute atomic E-state index is 13.3. The number of carbonyl (C=O) groups excluding carboxylic acids is 2. The molecule has 1 spiro atoms. The summed E-state index contributed by atoms with van der Waals surface area (Å²) < 4.78 is 24.4. The van der Waals surface area contributed by atoms with Crippen molar-refractivity contribution in [3.63, 3.8) is 0 Å². The van der Waals surface area contributed by atoms with Gasteiger partial charge in [0.25, 0.3) is 0 Å². The van der Waals surface area contributed by atoms with Crippen LogP contribution in [-0.2, 0) is 28.5 Å². The van der Waals surface area contributed by atoms with Crippen LogP contribution in [0.5, 0.6) is 0 Å². The Morgan fingerprint density at radius 2 is 1.66 bits per heavy atom. The summed E-state index contributed by atoms with van der Waals surface area (Å²) >= 11 is 0. The number of aliphatic hydroxyl groups excluding tert-OH is 5. The van der Waals surface area contributed by atoms with E-state index in [4.69, 9.17) is 18.9 Å². The normalized spacial score (nSPS) is 41.3. The van der Waals surface area contributed by atoms with E-state index in [0.29, 0.717) is 32.1 Å². The average Bonchev–Trinajstić information content (AvgIpc) is 3.09. The molecule has 5 N–H and O–H groups in total. The first kappa shape index (κ1) is 45.0. The number of hydrogen-bond donors (Lipinski definition) is 5. The molecule has 2 fully saturated rings. The zero-order valence-corrected chi connectivity index (χ0v) is 33.0. The Morgan fingerprint density at radius 3 is 2.36 bits per heavy atom. The molecule has 0 aliphatic carbocycles. The molecule has 3 aliphatic heterocycles. The van der Waals surface area contributed by atoms with Gasteiger partial charge in [0.1, 0.15) is 11.9 Å². The predicted molar refractivity (Wildman–Crippen MR) is 202 cm³/mol. The molecule has 0 aromatic heterocycles. The number of methoxy groups -OCH3 is 1. The second kappa shape index (κ2) is 21.6. The molecule has 0 aromatic rings. The summed E-state index contributed by atoms with van der Waals surface area (Å²) in [5, 5.41) is 54.1. The summed E-state index contributed by atoms with van der Waals surface area (Å²) in [6, 6.07) is 0. The van der Waals surface area contributed by atoms with Gasteiger partial charge in [-0.1, -0.05) is 65.0 Å². The highest BCUT2D eigenvalue weighted by molar-refractivity contribution is 5.83. The summed E-state index contributed by atoms with van der Waals surface area (Å²) in [7, 11) is 1.45. The third kappa shape index (κ3) is 14.3. The van der Waals surface area contributed by atoms with E-state index in [-0.39, 0.29) is 48.6 Å². The molecule has 302 valence electrons. The lowest BCUT2D eigenvalue weighted by Crippen LogP contribution is -2.54. The molecule has 11 heteroatoms. The highest BCUT2D eigenvalue weighted by atomic mass is 16.7. The number of ketones is 1. The summed E-state index contributed by atoms with van der Waals surface area (Å²) in [4.78, 5) is 26.5. The van der Waals surface area contributed by atoms with Crippen LogP contribution in [-0.4, -0.2) is 99.0 Å². The van der Waals surface area contributed by atoms with Gasteiger partial charge in [0.2, 0.25) is 0 Å². The summed E-state index contributed by atoms with van der Waals surface area (Å²) in [5.74, 6) is -3.79. The maximum atomic E-state index is 13.3. The van der Waals surface area contributed by atoms with E-state index in [9.17, 15) is 35.1 Å². The van der Waals surface area contributed by atoms with Crippen LogP contribution >= 0.6 is 0 Å². The molecule has 0 amide bonds. The number of Topliss-reactive ketones (excluding diaryl/α,β-unsaturated/α-hetero) is 1. The number of ether oxygens (including phenoxy) is 4. The van der Waals surface area contributed by atoms with E-state index in [2.05, 4.69) is 19.9 Å². The lowest BCUT2D eigenvalue weighted by molar-refractivity contribution is -0.337. The Labute approximate surface area is 317 Å². The third-order valence-corrected chi connectivity index (χ3v) is 11.3. The zero-order valence-electron chi connectivity index (χ0n) is 33.0. The van der Waals surface area contributed by atoms with Crippen LogP contribution in [0.25, 0.3) is 0 Å². The SMILES string of the molecule is COC=CC1C(=O)CC(O)CC(O)C(C)C(O)C(C)C=CC(=O)OC2CC(CCC(C)C=CC=CCC(C)C1O)OC1(CCC(C)C(CC(C)O)O1)C2. The van der Waals surface area contributed by atoms with Gasteiger partial charge >= 0.3 is 5.97 Å². The van der Waals surface area contributed by atoms with Gasteiger partial charge in [-0.15, -0.1) is 0 Å². The first-order chi connectivity index (χ1) is 25.0. The quantitative estimate of drug-likeness (QED) is 0.186. The van der Waals surface area contributed by atoms with Crippen molar-refractivity contribution >= 4 is 11.8 Å². The summed E-state index contributed by atoms with van der Waals surface area (Å²) in [5.41, 5.74) is 0. The van der Waals surface area contributed by atoms with Crippen molar-refractivity contribution in [1.82, 2.24) is 0 Å². The Kier molecular flexibility index (Phi) is 18.4. The molecule has 2 saturated heterocycles. The van der Waals surface area contributed by atoms with Gasteiger partial charge in [0.15, 0.2) is 5.79 Å². The van der Waals surface area contributed by atoms with E-state index in [1.807, 2.05) is 25.2 Å². The third-order valence-electron chi connectivity index (χ3n) is 11.3. The maximum Gasteiger partial charge on any atom is 0.330 e. The van der Waals surface area contributed by atoms with Crippen molar-refractivity contribution in [3.05, 3.63) is 48.8 Å². The van der Waals surface area contributed by atoms with Crippen LogP contribution in [0.2, 0.25) is 0 Å². The van der Waals surface area contributed by atoms with Crippen molar-refractivity contribution < 1.29 is 54.1 Å². The monoisotopic (exact) mass is 748 g/mol. The lowest BCUT2D eigenvalue weighted by Gasteiger charge is -2.50. The smallest absolute Gasteiger partial charge is 0.330 e. The molecule has 0 aromatic carbocycles. The Morgan fingerprint density at radius 1 is 0.925 bits per heavy atom. The molecular weight excluding hydrogens is 680 g/mol. The number of aliphatic hydroxyl groups is 5. The van der Waals surface area contributed by atoms with Crippen molar-refractivity contribution in [2.24, 2.45) is 35.5 Å². The molecule has 2 bridgehead atoms. The fourth-order valence-electron chi connectivity index (χ4n) is 7.77. The minimum atomic E-state index is -1.20. The zero-order chi connectivity index (χ0) is 39.3. The Balaban J connectivity index is 1.85. The second-order valence-corrected chi connectivity index (χ2v) is 16.3. The molecule has 3 aliphatic rings. The molecule has 0 radical (unpaired) electrons. The molecule has 3 heterocycles. The van der Waals surface area contributed by atoms with Crippen LogP contribution in [0.1, 0.15) is 106 Å². The van der Waals surface area contributed by atoms with Gasteiger partial charge in [-0.05, 0) is 62.9 Å². The summed E-state index contributed by atoms with van der Waals surface area (Å²) in [6.07, 6.45) is 12.4. The fourth-order valence-corrected chi connectivity index (χ4v) is 7.77. The fraction of sp³-hybridized carbons (Fsp3) is 0.762. The largest absolute Gasteiger partial charge is 0.505 e. The minimum absolute atomic E-state index is 0.159. The number of allylic oxidation sites excluding steroid dienone is 4. The highest BCUT2D eigenvalue weighted by Crippen LogP contribution is 2.44. The minimum Gasteiger partial charge on any atom is -0.505 e. The van der Waals surface area contributed by atoms with Crippen LogP contribution in [0, 0.1) is 35.5 Å². The van der Waals surface area contributed by atoms with Crippen LogP contribution < -0.4 is 0 Å². The topological polar surface area (TPSA) is 172 Å². The molecule has 15 unspecified atom stereocenters. The molecule has 15 atom stereocenters. The first-order valence-corrected chi connectivity index (χ1v) is 19.7. The number of carbonyl (C=O) groups is 2. The van der Waals surface area contributed by atoms with Gasteiger partial charge in [-0.2, -0.15) is 0 Å². The average molecular weight is 749 g/mol. The van der Waals surface area contributed by atoms with E-state index in [1.165, 1.54) is 25.5 Å². The lowest BCUT2D eigenvalue weighted by atomic mass is 9.83. The van der Waals surface area contributed by atoms with Gasteiger partial charge in [0.05, 0.1) is 62.0 Å². The number of rotatable bonds is 4. The molecular formula is C42H68O11. The molecule has 11 nitrogen and oxygen atoms in total. The summed E-state index contributed by atoms with van der Waals surface area (Å²) in [6.45, 7) is 11.3. The van der Waals surface area contributed by atoms with Gasteiger partial charge in [-0.3, -0.25) is 4.79 Å². The standard InChI is InChI=1S/C42H68O11/c1-26-11-9-8-10-12-28(3)41(49)35(18-20-50-7)37(46)23-32(44)22-36(45)31(6)40(48)29(4)14-16-39(47)51-34-24-33(15-13-26)52-42(25-34)19-17-27(2)38(53-42)21-30(5)43/h8-11,14,16,18,20,26-36,38,40-41,43-45,48-49H,12-13,15,17,19,21-25H2,1-7H3. The van der Waals surface area contributed by atoms with Crippen molar-refractivity contribution in [2.45, 2.75) is 160 Å². The second-order valence-electron chi connectivity index (χ2n) is 16.3. The van der Waals surface area contributed by atoms with E-state index < -0.39 is 66.1 Å². The first-order valence-electron chi connectivity index (χ1n) is 19.7. The van der Waals surface area contributed by atoms with E-state index in [0.717, 1.165) is 19.3 Å². The van der Waals surface area contributed by atoms with Gasteiger partial charge < -0.3 is 44.5 Å². The highest BCUT2D eigenvalue weighted by Gasteiger charge is 2.48. The van der Waals surface area contributed by atoms with Crippen LogP contribution in [0.4, 0.5) is 0 Å². The van der Waals surface area contributed by atoms with E-state index in [1.54, 1.807) is 26.8 Å². The van der Waals surface area contributed by atoms with E-state index >= 15 is 0 Å². The van der Waals surface area contributed by atoms with Crippen molar-refractivity contribution in [2.75, 3.05) is 7.11 Å². The number of hydrogen-bond acceptors (Lipinski definition) is 11. The Bertz CT molecular complexity index is 1250. The van der Waals surface area contributed by atoms with Gasteiger partial charge in [-0.25, -0.2) is 4.79 Å². The Hall–Kier alpha value is -2.38. The number of esters is 1.